The van der Waals surface area contributed by atoms with E-state index in [2.05, 4.69) is 10.2 Å². The third kappa shape index (κ3) is 3.40. The summed E-state index contributed by atoms with van der Waals surface area (Å²) in [6, 6.07) is 1.81. The number of nitrogens with one attached hydrogen (secondary N) is 1. The maximum absolute atomic E-state index is 12.6. The molecule has 1 saturated heterocycles. The van der Waals surface area contributed by atoms with Gasteiger partial charge in [-0.1, -0.05) is 6.92 Å². The Morgan fingerprint density at radius 2 is 1.95 bits per heavy atom. The van der Waals surface area contributed by atoms with Crippen LogP contribution in [0.25, 0.3) is 0 Å². The van der Waals surface area contributed by atoms with E-state index in [1.165, 1.54) is 11.3 Å². The molecule has 0 aliphatic carbocycles. The van der Waals surface area contributed by atoms with Crippen molar-refractivity contribution in [2.75, 3.05) is 39.8 Å². The second-order valence-corrected chi connectivity index (χ2v) is 8.46. The van der Waals surface area contributed by atoms with Gasteiger partial charge in [-0.3, -0.25) is 0 Å². The Hall–Kier alpha value is -0.470. The highest BCUT2D eigenvalue weighted by molar-refractivity contribution is 7.91. The molecule has 0 saturated carbocycles. The zero-order chi connectivity index (χ0) is 14.8. The monoisotopic (exact) mass is 317 g/mol. The molecule has 5 nitrogen and oxygen atoms in total. The lowest BCUT2D eigenvalue weighted by atomic mass is 10.3. The molecule has 1 fully saturated rings. The molecule has 20 heavy (non-hydrogen) atoms. The van der Waals surface area contributed by atoms with Crippen molar-refractivity contribution in [3.63, 3.8) is 0 Å². The molecular formula is C13H23N3O2S2. The Balaban J connectivity index is 2.17. The van der Waals surface area contributed by atoms with Gasteiger partial charge in [0.2, 0.25) is 0 Å². The predicted molar refractivity (Wildman–Crippen MR) is 82.7 cm³/mol. The van der Waals surface area contributed by atoms with Crippen LogP contribution < -0.4 is 5.32 Å². The van der Waals surface area contributed by atoms with E-state index in [4.69, 9.17) is 0 Å². The molecule has 1 aromatic rings. The van der Waals surface area contributed by atoms with Gasteiger partial charge in [-0.2, -0.15) is 4.31 Å². The summed E-state index contributed by atoms with van der Waals surface area (Å²) in [5.74, 6) is 0. The van der Waals surface area contributed by atoms with E-state index < -0.39 is 10.0 Å². The van der Waals surface area contributed by atoms with Crippen LogP contribution in [0.1, 0.15) is 17.4 Å². The SMILES string of the molecule is CCNCc1sc(S(=O)(=O)N2CCN(C)CC2)cc1C. The molecule has 2 heterocycles. The Kier molecular flexibility index (Phi) is 5.19. The van der Waals surface area contributed by atoms with Crippen LogP contribution in [0.15, 0.2) is 10.3 Å². The number of rotatable bonds is 5. The molecule has 1 aliphatic rings. The van der Waals surface area contributed by atoms with Gasteiger partial charge >= 0.3 is 0 Å². The molecule has 0 radical (unpaired) electrons. The van der Waals surface area contributed by atoms with Crippen LogP contribution in [0, 0.1) is 6.92 Å². The van der Waals surface area contributed by atoms with E-state index >= 15 is 0 Å². The molecule has 1 aromatic heterocycles. The third-order valence-corrected chi connectivity index (χ3v) is 7.17. The summed E-state index contributed by atoms with van der Waals surface area (Å²) in [6.07, 6.45) is 0. The van der Waals surface area contributed by atoms with Crippen LogP contribution >= 0.6 is 11.3 Å². The van der Waals surface area contributed by atoms with Crippen LogP contribution in [0.3, 0.4) is 0 Å². The van der Waals surface area contributed by atoms with E-state index in [0.29, 0.717) is 17.3 Å². The van der Waals surface area contributed by atoms with Crippen molar-refractivity contribution in [2.45, 2.75) is 24.6 Å². The third-order valence-electron chi connectivity index (χ3n) is 3.59. The van der Waals surface area contributed by atoms with Crippen LogP contribution in [-0.2, 0) is 16.6 Å². The molecule has 2 rings (SSSR count). The minimum absolute atomic E-state index is 0.479. The Morgan fingerprint density at radius 1 is 1.30 bits per heavy atom. The summed E-state index contributed by atoms with van der Waals surface area (Å²) in [7, 11) is -1.29. The fraction of sp³-hybridized carbons (Fsp3) is 0.692. The number of nitrogens with zero attached hydrogens (tertiary/aromatic N) is 2. The van der Waals surface area contributed by atoms with Gasteiger partial charge in [0.15, 0.2) is 0 Å². The van der Waals surface area contributed by atoms with Crippen LogP contribution in [0.4, 0.5) is 0 Å². The number of hydrogen-bond donors (Lipinski definition) is 1. The summed E-state index contributed by atoms with van der Waals surface area (Å²) in [4.78, 5) is 3.27. The smallest absolute Gasteiger partial charge is 0.252 e. The molecule has 0 bridgehead atoms. The Morgan fingerprint density at radius 3 is 2.55 bits per heavy atom. The van der Waals surface area contributed by atoms with Crippen molar-refractivity contribution < 1.29 is 8.42 Å². The van der Waals surface area contributed by atoms with Crippen LogP contribution in [0.2, 0.25) is 0 Å². The van der Waals surface area contributed by atoms with Gasteiger partial charge in [-0.05, 0) is 32.1 Å². The van der Waals surface area contributed by atoms with Gasteiger partial charge < -0.3 is 10.2 Å². The zero-order valence-electron chi connectivity index (χ0n) is 12.3. The van der Waals surface area contributed by atoms with E-state index in [0.717, 1.165) is 36.6 Å². The van der Waals surface area contributed by atoms with Gasteiger partial charge in [0.1, 0.15) is 4.21 Å². The second kappa shape index (κ2) is 6.53. The first kappa shape index (κ1) is 15.9. The first-order valence-corrected chi connectivity index (χ1v) is 9.19. The number of aryl methyl sites for hydroxylation is 1. The quantitative estimate of drug-likeness (QED) is 0.884. The second-order valence-electron chi connectivity index (χ2n) is 5.16. The minimum Gasteiger partial charge on any atom is -0.312 e. The van der Waals surface area contributed by atoms with Gasteiger partial charge in [-0.15, -0.1) is 11.3 Å². The summed E-state index contributed by atoms with van der Waals surface area (Å²) in [6.45, 7) is 8.42. The number of sulfonamides is 1. The maximum Gasteiger partial charge on any atom is 0.252 e. The fourth-order valence-electron chi connectivity index (χ4n) is 2.19. The summed E-state index contributed by atoms with van der Waals surface area (Å²) >= 11 is 1.40. The lowest BCUT2D eigenvalue weighted by molar-refractivity contribution is 0.222. The fourth-order valence-corrected chi connectivity index (χ4v) is 5.32. The average molecular weight is 317 g/mol. The van der Waals surface area contributed by atoms with Gasteiger partial charge in [-0.25, -0.2) is 8.42 Å². The summed E-state index contributed by atoms with van der Waals surface area (Å²) in [5.41, 5.74) is 1.06. The lowest BCUT2D eigenvalue weighted by Crippen LogP contribution is -2.46. The number of hydrogen-bond acceptors (Lipinski definition) is 5. The van der Waals surface area contributed by atoms with E-state index in [-0.39, 0.29) is 0 Å². The minimum atomic E-state index is -3.31. The molecule has 1 aliphatic heterocycles. The number of likely N-dealkylation sites (N-methyl/N-ethyl adjacent to an activating group) is 1. The van der Waals surface area contributed by atoms with Crippen molar-refractivity contribution in [2.24, 2.45) is 0 Å². The molecule has 0 amide bonds. The molecule has 1 N–H and O–H groups in total. The molecule has 114 valence electrons. The molecular weight excluding hydrogens is 294 g/mol. The van der Waals surface area contributed by atoms with E-state index in [1.54, 1.807) is 4.31 Å². The molecule has 7 heteroatoms. The average Bonchev–Trinajstić information content (AvgIpc) is 2.79. The van der Waals surface area contributed by atoms with Crippen molar-refractivity contribution in [1.82, 2.24) is 14.5 Å². The van der Waals surface area contributed by atoms with Crippen molar-refractivity contribution in [3.05, 3.63) is 16.5 Å². The highest BCUT2D eigenvalue weighted by Crippen LogP contribution is 2.28. The number of piperazine rings is 1. The molecule has 0 atom stereocenters. The van der Waals surface area contributed by atoms with E-state index in [9.17, 15) is 8.42 Å². The van der Waals surface area contributed by atoms with Gasteiger partial charge in [0.05, 0.1) is 0 Å². The number of thiophene rings is 1. The Bertz CT molecular complexity index is 546. The normalized spacial score (nSPS) is 18.6. The Labute approximate surface area is 125 Å². The van der Waals surface area contributed by atoms with Gasteiger partial charge in [0, 0.05) is 37.6 Å². The van der Waals surface area contributed by atoms with Crippen LogP contribution in [0.5, 0.6) is 0 Å². The first-order chi connectivity index (χ1) is 9.45. The highest BCUT2D eigenvalue weighted by Gasteiger charge is 2.29. The van der Waals surface area contributed by atoms with Crippen molar-refractivity contribution in [3.8, 4) is 0 Å². The molecule has 0 aromatic carbocycles. The predicted octanol–water partition coefficient (Wildman–Crippen LogP) is 1.10. The topological polar surface area (TPSA) is 52.7 Å². The summed E-state index contributed by atoms with van der Waals surface area (Å²) in [5, 5.41) is 3.25. The van der Waals surface area contributed by atoms with Crippen LogP contribution in [-0.4, -0.2) is 57.4 Å². The van der Waals surface area contributed by atoms with Gasteiger partial charge in [0.25, 0.3) is 10.0 Å². The molecule has 0 unspecified atom stereocenters. The molecule has 0 spiro atoms. The first-order valence-electron chi connectivity index (χ1n) is 6.94. The van der Waals surface area contributed by atoms with E-state index in [1.807, 2.05) is 27.0 Å². The summed E-state index contributed by atoms with van der Waals surface area (Å²) < 4.78 is 27.3. The largest absolute Gasteiger partial charge is 0.312 e. The zero-order valence-corrected chi connectivity index (χ0v) is 14.0. The maximum atomic E-state index is 12.6. The standard InChI is InChI=1S/C13H23N3O2S2/c1-4-14-10-12-11(2)9-13(19-12)20(17,18)16-7-5-15(3)6-8-16/h9,14H,4-8,10H2,1-3H3. The van der Waals surface area contributed by atoms with Crippen molar-refractivity contribution in [1.29, 1.82) is 0 Å². The highest BCUT2D eigenvalue weighted by atomic mass is 32.2. The van der Waals surface area contributed by atoms with Crippen molar-refractivity contribution >= 4 is 21.4 Å². The lowest BCUT2D eigenvalue weighted by Gasteiger charge is -2.31.